The molecule has 2 saturated heterocycles. The highest BCUT2D eigenvalue weighted by molar-refractivity contribution is 7.81. The van der Waals surface area contributed by atoms with Gasteiger partial charge in [0.25, 0.3) is 11.8 Å². The zero-order valence-electron chi connectivity index (χ0n) is 18.7. The molecule has 0 saturated carbocycles. The number of anilines is 2. The van der Waals surface area contributed by atoms with E-state index < -0.39 is 17.3 Å². The third-order valence-corrected chi connectivity index (χ3v) is 6.86. The van der Waals surface area contributed by atoms with Crippen LogP contribution in [-0.2, 0) is 4.79 Å². The number of carbonyl (C=O) groups excluding carboxylic acids is 2. The number of halogens is 1. The predicted octanol–water partition coefficient (Wildman–Crippen LogP) is 2.97. The number of amides is 2. The number of carbonyl (C=O) groups is 2. The number of thiocarbonyl (C=S) groups is 1. The van der Waals surface area contributed by atoms with E-state index in [0.717, 1.165) is 5.56 Å². The molecule has 0 aromatic heterocycles. The Morgan fingerprint density at radius 1 is 1.18 bits per heavy atom. The summed E-state index contributed by atoms with van der Waals surface area (Å²) in [7, 11) is 3.43. The first-order chi connectivity index (χ1) is 15.7. The first-order valence-electron chi connectivity index (χ1n) is 10.6. The lowest BCUT2D eigenvalue weighted by atomic mass is 9.85. The summed E-state index contributed by atoms with van der Waals surface area (Å²) in [5.74, 6) is -1.37. The second-order valence-electron chi connectivity index (χ2n) is 8.45. The number of hydrogen-bond donors (Lipinski definition) is 1. The van der Waals surface area contributed by atoms with Gasteiger partial charge in [-0.3, -0.25) is 14.5 Å². The minimum absolute atomic E-state index is 0.0744. The third kappa shape index (κ3) is 3.65. The van der Waals surface area contributed by atoms with Gasteiger partial charge in [0.15, 0.2) is 5.11 Å². The maximum Gasteiger partial charge on any atom is 0.259 e. The predicted molar refractivity (Wildman–Crippen MR) is 128 cm³/mol. The smallest absolute Gasteiger partial charge is 0.259 e. The van der Waals surface area contributed by atoms with Gasteiger partial charge in [0.05, 0.1) is 22.9 Å². The Labute approximate surface area is 197 Å². The number of benzene rings is 2. The molecule has 2 aromatic rings. The van der Waals surface area contributed by atoms with Crippen LogP contribution < -0.4 is 15.1 Å². The molecule has 170 valence electrons. The average Bonchev–Trinajstić information content (AvgIpc) is 3.01. The summed E-state index contributed by atoms with van der Waals surface area (Å²) in [5.41, 5.74) is 1.23. The van der Waals surface area contributed by atoms with Gasteiger partial charge in [-0.25, -0.2) is 4.39 Å². The number of rotatable bonds is 3. The Morgan fingerprint density at radius 3 is 2.42 bits per heavy atom. The minimum Gasteiger partial charge on any atom is -0.355 e. The average molecular weight is 466 g/mol. The van der Waals surface area contributed by atoms with Gasteiger partial charge in [0.1, 0.15) is 11.4 Å². The molecule has 0 unspecified atom stereocenters. The molecule has 33 heavy (non-hydrogen) atoms. The van der Waals surface area contributed by atoms with Crippen LogP contribution in [0.15, 0.2) is 36.4 Å². The van der Waals surface area contributed by atoms with Crippen LogP contribution in [0.2, 0.25) is 0 Å². The van der Waals surface area contributed by atoms with E-state index in [2.05, 4.69) is 16.3 Å². The highest BCUT2D eigenvalue weighted by atomic mass is 32.1. The van der Waals surface area contributed by atoms with Gasteiger partial charge in [0.2, 0.25) is 0 Å². The number of nitrogens with zero attached hydrogens (tertiary/aromatic N) is 4. The molecule has 1 N–H and O–H groups in total. The second kappa shape index (κ2) is 8.54. The van der Waals surface area contributed by atoms with Gasteiger partial charge in [-0.1, -0.05) is 0 Å². The van der Waals surface area contributed by atoms with Crippen molar-refractivity contribution in [1.29, 1.82) is 5.26 Å². The number of nitrogens with one attached hydrogen (secondary N) is 1. The number of nitriles is 1. The monoisotopic (exact) mass is 465 g/mol. The van der Waals surface area contributed by atoms with Gasteiger partial charge in [-0.2, -0.15) is 5.26 Å². The van der Waals surface area contributed by atoms with Crippen molar-refractivity contribution in [2.45, 2.75) is 25.3 Å². The molecular weight excluding hydrogens is 441 g/mol. The van der Waals surface area contributed by atoms with E-state index in [1.165, 1.54) is 24.1 Å². The molecular formula is C24H24FN5O2S. The van der Waals surface area contributed by atoms with Crippen molar-refractivity contribution >= 4 is 40.5 Å². The van der Waals surface area contributed by atoms with Crippen molar-refractivity contribution < 1.29 is 14.0 Å². The van der Waals surface area contributed by atoms with Crippen molar-refractivity contribution in [3.63, 3.8) is 0 Å². The van der Waals surface area contributed by atoms with E-state index in [0.29, 0.717) is 42.9 Å². The van der Waals surface area contributed by atoms with Crippen LogP contribution in [-0.4, -0.2) is 54.6 Å². The molecule has 2 aliphatic rings. The quantitative estimate of drug-likeness (QED) is 0.703. The summed E-state index contributed by atoms with van der Waals surface area (Å²) >= 11 is 5.79. The first kappa shape index (κ1) is 22.8. The molecule has 0 bridgehead atoms. The lowest BCUT2D eigenvalue weighted by Gasteiger charge is -2.41. The van der Waals surface area contributed by atoms with Crippen LogP contribution in [0.5, 0.6) is 0 Å². The SMILES string of the molecule is CNC(=O)c1ccc(N2C(=S)N(c3ccc(C#N)c(C)c3)C(=O)C23CCN(C)CC3)cc1F. The fourth-order valence-corrected chi connectivity index (χ4v) is 5.03. The number of aryl methyl sites for hydroxylation is 1. The molecule has 2 heterocycles. The van der Waals surface area contributed by atoms with E-state index in [-0.39, 0.29) is 16.6 Å². The molecule has 0 atom stereocenters. The Balaban J connectivity index is 1.82. The Morgan fingerprint density at radius 2 is 1.85 bits per heavy atom. The summed E-state index contributed by atoms with van der Waals surface area (Å²) in [6.45, 7) is 3.18. The van der Waals surface area contributed by atoms with Crippen LogP contribution >= 0.6 is 12.2 Å². The van der Waals surface area contributed by atoms with Gasteiger partial charge < -0.3 is 15.1 Å². The Kier molecular flexibility index (Phi) is 5.91. The summed E-state index contributed by atoms with van der Waals surface area (Å²) < 4.78 is 14.9. The maximum atomic E-state index is 14.9. The standard InChI is InChI=1S/C24H24FN5O2S/c1-15-12-17(5-4-16(15)14-26)29-22(32)24(8-10-28(3)11-9-24)30(23(29)33)18-6-7-19(20(25)13-18)21(31)27-2/h4-7,12-13H,8-11H2,1-3H3,(H,27,31). The molecule has 4 rings (SSSR count). The molecule has 2 aromatic carbocycles. The van der Waals surface area contributed by atoms with Crippen molar-refractivity contribution in [2.75, 3.05) is 37.0 Å². The molecule has 2 amide bonds. The Hall–Kier alpha value is -3.35. The van der Waals surface area contributed by atoms with E-state index >= 15 is 0 Å². The fraction of sp³-hybridized carbons (Fsp3) is 0.333. The van der Waals surface area contributed by atoms with Crippen LogP contribution in [0.25, 0.3) is 0 Å². The summed E-state index contributed by atoms with van der Waals surface area (Å²) in [5, 5.41) is 11.9. The number of hydrogen-bond acceptors (Lipinski definition) is 5. The van der Waals surface area contributed by atoms with Gasteiger partial charge in [-0.15, -0.1) is 0 Å². The zero-order chi connectivity index (χ0) is 23.9. The largest absolute Gasteiger partial charge is 0.355 e. The van der Waals surface area contributed by atoms with Crippen LogP contribution in [0.4, 0.5) is 15.8 Å². The normalized spacial score (nSPS) is 18.0. The molecule has 1 spiro atoms. The van der Waals surface area contributed by atoms with Gasteiger partial charge in [0, 0.05) is 25.8 Å². The highest BCUT2D eigenvalue weighted by Crippen LogP contribution is 2.43. The van der Waals surface area contributed by atoms with Crippen molar-refractivity contribution in [3.8, 4) is 6.07 Å². The van der Waals surface area contributed by atoms with Crippen molar-refractivity contribution in [3.05, 3.63) is 58.9 Å². The third-order valence-electron chi connectivity index (χ3n) is 6.50. The van der Waals surface area contributed by atoms with Gasteiger partial charge in [-0.05, 0) is 81.0 Å². The number of likely N-dealkylation sites (tertiary alicyclic amines) is 1. The fourth-order valence-electron chi connectivity index (χ4n) is 4.56. The summed E-state index contributed by atoms with van der Waals surface area (Å²) in [6.07, 6.45) is 1.04. The van der Waals surface area contributed by atoms with Gasteiger partial charge >= 0.3 is 0 Å². The van der Waals surface area contributed by atoms with E-state index in [9.17, 15) is 19.2 Å². The molecule has 2 aliphatic heterocycles. The molecule has 0 radical (unpaired) electrons. The van der Waals surface area contributed by atoms with E-state index in [4.69, 9.17) is 12.2 Å². The maximum absolute atomic E-state index is 14.9. The van der Waals surface area contributed by atoms with Crippen molar-refractivity contribution in [1.82, 2.24) is 10.2 Å². The molecule has 7 nitrogen and oxygen atoms in total. The lowest BCUT2D eigenvalue weighted by Crippen LogP contribution is -2.56. The number of piperidine rings is 1. The van der Waals surface area contributed by atoms with E-state index in [1.807, 2.05) is 14.0 Å². The molecule has 2 fully saturated rings. The van der Waals surface area contributed by atoms with Crippen LogP contribution in [0, 0.1) is 24.1 Å². The van der Waals surface area contributed by atoms with Crippen molar-refractivity contribution in [2.24, 2.45) is 0 Å². The van der Waals surface area contributed by atoms with Crippen LogP contribution in [0.3, 0.4) is 0 Å². The topological polar surface area (TPSA) is 79.7 Å². The Bertz CT molecular complexity index is 1200. The van der Waals surface area contributed by atoms with E-state index in [1.54, 1.807) is 29.2 Å². The highest BCUT2D eigenvalue weighted by Gasteiger charge is 2.57. The molecule has 9 heteroatoms. The lowest BCUT2D eigenvalue weighted by molar-refractivity contribution is -0.122. The van der Waals surface area contributed by atoms with Crippen LogP contribution in [0.1, 0.15) is 34.3 Å². The zero-order valence-corrected chi connectivity index (χ0v) is 19.5. The second-order valence-corrected chi connectivity index (χ2v) is 8.81. The molecule has 0 aliphatic carbocycles. The summed E-state index contributed by atoms with van der Waals surface area (Å²) in [4.78, 5) is 31.2. The summed E-state index contributed by atoms with van der Waals surface area (Å²) in [6, 6.07) is 11.6. The first-order valence-corrected chi connectivity index (χ1v) is 11.0. The minimum atomic E-state index is -0.952.